The number of anilines is 2. The van der Waals surface area contributed by atoms with Crippen LogP contribution in [-0.4, -0.2) is 29.3 Å². The maximum absolute atomic E-state index is 11.7. The molecule has 2 atom stereocenters. The lowest BCUT2D eigenvalue weighted by molar-refractivity contribution is 0.565. The molecule has 0 aliphatic carbocycles. The Balaban J connectivity index is 1.65. The van der Waals surface area contributed by atoms with Crippen molar-refractivity contribution >= 4 is 61.9 Å². The molecule has 1 aliphatic rings. The van der Waals surface area contributed by atoms with E-state index in [0.29, 0.717) is 20.8 Å². The fraction of sp³-hybridized carbons (Fsp3) is 0.185. The van der Waals surface area contributed by atoms with Crippen LogP contribution in [0, 0.1) is 13.8 Å². The van der Waals surface area contributed by atoms with E-state index in [4.69, 9.17) is 35.4 Å². The molecule has 2 aromatic carbocycles. The highest BCUT2D eigenvalue weighted by atomic mass is 35.5. The van der Waals surface area contributed by atoms with Crippen LogP contribution in [-0.2, 0) is 10.0 Å². The van der Waals surface area contributed by atoms with Crippen molar-refractivity contribution < 1.29 is 8.42 Å². The topological polar surface area (TPSA) is 79.3 Å². The summed E-state index contributed by atoms with van der Waals surface area (Å²) in [4.78, 5) is 6.67. The second-order valence-corrected chi connectivity index (χ2v) is 12.1. The summed E-state index contributed by atoms with van der Waals surface area (Å²) in [6.45, 7) is 4.08. The Morgan fingerprint density at radius 1 is 1.03 bits per heavy atom. The summed E-state index contributed by atoms with van der Waals surface area (Å²) in [6, 6.07) is 20.2. The van der Waals surface area contributed by atoms with Crippen molar-refractivity contribution in [3.63, 3.8) is 0 Å². The zero-order valence-electron chi connectivity index (χ0n) is 20.8. The molecule has 4 aromatic rings. The van der Waals surface area contributed by atoms with Crippen molar-refractivity contribution in [2.75, 3.05) is 15.9 Å². The van der Waals surface area contributed by atoms with Crippen molar-refractivity contribution in [1.82, 2.24) is 14.9 Å². The Bertz CT molecular complexity index is 1620. The average Bonchev–Trinajstić information content (AvgIpc) is 3.36. The number of thiocarbonyl (C=S) groups is 1. The molecule has 11 heteroatoms. The first-order valence-electron chi connectivity index (χ1n) is 11.8. The summed E-state index contributed by atoms with van der Waals surface area (Å²) < 4.78 is 28.0. The van der Waals surface area contributed by atoms with Crippen LogP contribution in [0.25, 0.3) is 5.69 Å². The molecule has 0 saturated carbocycles. The number of rotatable bonds is 6. The van der Waals surface area contributed by atoms with E-state index in [2.05, 4.69) is 25.7 Å². The van der Waals surface area contributed by atoms with Crippen LogP contribution in [0.2, 0.25) is 10.0 Å². The predicted molar refractivity (Wildman–Crippen MR) is 158 cm³/mol. The zero-order chi connectivity index (χ0) is 27.2. The second-order valence-electron chi connectivity index (χ2n) is 9.15. The minimum absolute atomic E-state index is 0.235. The largest absolute Gasteiger partial charge is 0.351 e. The third-order valence-electron chi connectivity index (χ3n) is 6.51. The van der Waals surface area contributed by atoms with Gasteiger partial charge in [-0.3, -0.25) is 9.71 Å². The van der Waals surface area contributed by atoms with E-state index in [1.54, 1.807) is 24.4 Å². The lowest BCUT2D eigenvalue weighted by Crippen LogP contribution is -2.29. The SMILES string of the molecule is Cc1cc(C2C(c3ccccn3)NC(=S)N2c2ccc(NS(C)(=O)=O)cc2)c(C)n1-c1cccc(Cl)c1Cl. The zero-order valence-corrected chi connectivity index (χ0v) is 24.0. The molecule has 0 radical (unpaired) electrons. The molecule has 0 bridgehead atoms. The molecule has 1 aliphatic heterocycles. The van der Waals surface area contributed by atoms with E-state index in [1.165, 1.54) is 0 Å². The van der Waals surface area contributed by atoms with Gasteiger partial charge in [0.15, 0.2) is 5.11 Å². The standard InChI is InChI=1S/C27H25Cl2N5O2S2/c1-16-15-20(17(2)33(16)23-9-6-7-21(28)24(23)29)26-25(22-8-4-5-14-30-22)31-27(37)34(26)19-12-10-18(11-13-19)32-38(3,35)36/h4-15,25-26,32H,1-3H3,(H,31,37). The summed E-state index contributed by atoms with van der Waals surface area (Å²) >= 11 is 18.8. The quantitative estimate of drug-likeness (QED) is 0.257. The third kappa shape index (κ3) is 4.99. The first-order valence-corrected chi connectivity index (χ1v) is 14.8. The fourth-order valence-electron chi connectivity index (χ4n) is 4.98. The van der Waals surface area contributed by atoms with E-state index >= 15 is 0 Å². The van der Waals surface area contributed by atoms with Gasteiger partial charge >= 0.3 is 0 Å². The third-order valence-corrected chi connectivity index (χ3v) is 8.24. The number of aromatic nitrogens is 2. The van der Waals surface area contributed by atoms with Crippen molar-refractivity contribution in [2.45, 2.75) is 25.9 Å². The molecule has 3 heterocycles. The Hall–Kier alpha value is -3.11. The van der Waals surface area contributed by atoms with Crippen LogP contribution < -0.4 is 14.9 Å². The molecule has 2 aromatic heterocycles. The highest BCUT2D eigenvalue weighted by Crippen LogP contribution is 2.44. The van der Waals surface area contributed by atoms with Crippen LogP contribution in [0.3, 0.4) is 0 Å². The van der Waals surface area contributed by atoms with Crippen molar-refractivity contribution in [1.29, 1.82) is 0 Å². The highest BCUT2D eigenvalue weighted by Gasteiger charge is 2.42. The molecule has 1 saturated heterocycles. The van der Waals surface area contributed by atoms with Crippen LogP contribution in [0.15, 0.2) is 72.9 Å². The molecule has 196 valence electrons. The number of benzene rings is 2. The lowest BCUT2D eigenvalue weighted by Gasteiger charge is -2.28. The van der Waals surface area contributed by atoms with Crippen LogP contribution in [0.1, 0.15) is 34.7 Å². The number of pyridine rings is 1. The van der Waals surface area contributed by atoms with Gasteiger partial charge in [0.05, 0.1) is 39.8 Å². The number of aryl methyl sites for hydroxylation is 1. The maximum Gasteiger partial charge on any atom is 0.229 e. The maximum atomic E-state index is 11.7. The number of hydrogen-bond acceptors (Lipinski definition) is 4. The first-order chi connectivity index (χ1) is 18.0. The van der Waals surface area contributed by atoms with E-state index in [-0.39, 0.29) is 12.1 Å². The van der Waals surface area contributed by atoms with E-state index in [1.807, 2.05) is 61.2 Å². The number of halogens is 2. The monoisotopic (exact) mass is 585 g/mol. The lowest BCUT2D eigenvalue weighted by atomic mass is 9.96. The van der Waals surface area contributed by atoms with Crippen LogP contribution >= 0.6 is 35.4 Å². The van der Waals surface area contributed by atoms with Gasteiger partial charge < -0.3 is 14.8 Å². The van der Waals surface area contributed by atoms with Gasteiger partial charge in [-0.05, 0) is 86.2 Å². The molecule has 38 heavy (non-hydrogen) atoms. The van der Waals surface area contributed by atoms with Gasteiger partial charge in [-0.2, -0.15) is 0 Å². The van der Waals surface area contributed by atoms with Crippen molar-refractivity contribution in [2.24, 2.45) is 0 Å². The van der Waals surface area contributed by atoms with Crippen molar-refractivity contribution in [3.05, 3.63) is 106 Å². The average molecular weight is 587 g/mol. The Labute approximate surface area is 237 Å². The predicted octanol–water partition coefficient (Wildman–Crippen LogP) is 6.34. The summed E-state index contributed by atoms with van der Waals surface area (Å²) in [5.41, 5.74) is 5.96. The molecular formula is C27H25Cl2N5O2S2. The minimum atomic E-state index is -3.39. The van der Waals surface area contributed by atoms with E-state index < -0.39 is 10.0 Å². The molecular weight excluding hydrogens is 561 g/mol. The van der Waals surface area contributed by atoms with Gasteiger partial charge in [0.2, 0.25) is 10.0 Å². The van der Waals surface area contributed by atoms with E-state index in [0.717, 1.165) is 40.3 Å². The van der Waals surface area contributed by atoms with E-state index in [9.17, 15) is 8.42 Å². The first kappa shape index (κ1) is 26.5. The molecule has 1 fully saturated rings. The van der Waals surface area contributed by atoms with Gasteiger partial charge in [-0.15, -0.1) is 0 Å². The summed E-state index contributed by atoms with van der Waals surface area (Å²) in [6.07, 6.45) is 2.89. The smallest absolute Gasteiger partial charge is 0.229 e. The van der Waals surface area contributed by atoms with Crippen molar-refractivity contribution in [3.8, 4) is 5.69 Å². The second kappa shape index (κ2) is 10.2. The molecule has 7 nitrogen and oxygen atoms in total. The Morgan fingerprint density at radius 3 is 2.42 bits per heavy atom. The number of nitrogens with one attached hydrogen (secondary N) is 2. The van der Waals surface area contributed by atoms with Crippen LogP contribution in [0.5, 0.6) is 0 Å². The van der Waals surface area contributed by atoms with Gasteiger partial charge in [0, 0.05) is 29.0 Å². The Kier molecular flexibility index (Phi) is 7.13. The van der Waals surface area contributed by atoms with Gasteiger partial charge in [0.1, 0.15) is 0 Å². The highest BCUT2D eigenvalue weighted by molar-refractivity contribution is 7.92. The van der Waals surface area contributed by atoms with Gasteiger partial charge in [-0.1, -0.05) is 35.3 Å². The van der Waals surface area contributed by atoms with Gasteiger partial charge in [-0.25, -0.2) is 8.42 Å². The Morgan fingerprint density at radius 2 is 1.76 bits per heavy atom. The molecule has 0 spiro atoms. The molecule has 2 N–H and O–H groups in total. The molecule has 0 amide bonds. The van der Waals surface area contributed by atoms with Crippen LogP contribution in [0.4, 0.5) is 11.4 Å². The normalized spacial score (nSPS) is 17.5. The summed E-state index contributed by atoms with van der Waals surface area (Å²) in [7, 11) is -3.39. The number of hydrogen-bond donors (Lipinski definition) is 2. The minimum Gasteiger partial charge on any atom is -0.351 e. The number of nitrogens with zero attached hydrogens (tertiary/aromatic N) is 3. The summed E-state index contributed by atoms with van der Waals surface area (Å²) in [5.74, 6) is 0. The summed E-state index contributed by atoms with van der Waals surface area (Å²) in [5, 5.41) is 4.97. The molecule has 2 unspecified atom stereocenters. The van der Waals surface area contributed by atoms with Gasteiger partial charge in [0.25, 0.3) is 0 Å². The fourth-order valence-corrected chi connectivity index (χ4v) is 6.27. The number of sulfonamides is 1. The molecule has 5 rings (SSSR count).